The van der Waals surface area contributed by atoms with Crippen molar-refractivity contribution in [3.63, 3.8) is 0 Å². The smallest absolute Gasteiger partial charge is 0.239 e. The number of benzene rings is 1. The van der Waals surface area contributed by atoms with Crippen molar-refractivity contribution in [1.82, 2.24) is 0 Å². The standard InChI is InChI=1S/C12H9NO4/c1-5(13)9-10(15)8-4-6(14)2-3-7(8)11(16)12(9)17/h2-4,13-15H,1H3. The fourth-order valence-corrected chi connectivity index (χ4v) is 1.75. The Labute approximate surface area is 96.5 Å². The van der Waals surface area contributed by atoms with Crippen molar-refractivity contribution in [3.05, 3.63) is 34.9 Å². The summed E-state index contributed by atoms with van der Waals surface area (Å²) in [5.74, 6) is -2.24. The van der Waals surface area contributed by atoms with Crippen LogP contribution in [0.2, 0.25) is 0 Å². The highest BCUT2D eigenvalue weighted by Gasteiger charge is 2.33. The number of allylic oxidation sites excluding steroid dienone is 1. The number of aliphatic hydroxyl groups excluding tert-OH is 1. The summed E-state index contributed by atoms with van der Waals surface area (Å²) >= 11 is 0. The van der Waals surface area contributed by atoms with Crippen molar-refractivity contribution < 1.29 is 19.8 Å². The van der Waals surface area contributed by atoms with Gasteiger partial charge in [-0.25, -0.2) is 0 Å². The third kappa shape index (κ3) is 1.52. The van der Waals surface area contributed by atoms with Crippen molar-refractivity contribution in [1.29, 1.82) is 5.41 Å². The first-order valence-corrected chi connectivity index (χ1v) is 4.84. The molecule has 0 aromatic heterocycles. The maximum Gasteiger partial charge on any atom is 0.239 e. The van der Waals surface area contributed by atoms with Gasteiger partial charge in [-0.15, -0.1) is 0 Å². The second-order valence-corrected chi connectivity index (χ2v) is 3.74. The molecule has 0 radical (unpaired) electrons. The first kappa shape index (κ1) is 11.1. The number of aromatic hydroxyl groups is 1. The summed E-state index contributed by atoms with van der Waals surface area (Å²) in [6.45, 7) is 1.31. The van der Waals surface area contributed by atoms with Crippen LogP contribution >= 0.6 is 0 Å². The van der Waals surface area contributed by atoms with Gasteiger partial charge in [0.15, 0.2) is 0 Å². The predicted octanol–water partition coefficient (Wildman–Crippen LogP) is 1.47. The Bertz CT molecular complexity index is 599. The zero-order valence-electron chi connectivity index (χ0n) is 8.94. The molecule has 0 saturated carbocycles. The molecule has 1 aromatic carbocycles. The van der Waals surface area contributed by atoms with E-state index in [2.05, 4.69) is 0 Å². The van der Waals surface area contributed by atoms with Crippen LogP contribution in [-0.2, 0) is 4.79 Å². The Morgan fingerprint density at radius 1 is 1.12 bits per heavy atom. The summed E-state index contributed by atoms with van der Waals surface area (Å²) in [5, 5.41) is 26.5. The number of rotatable bonds is 1. The lowest BCUT2D eigenvalue weighted by Gasteiger charge is -2.17. The molecule has 0 aliphatic heterocycles. The molecule has 0 unspecified atom stereocenters. The van der Waals surface area contributed by atoms with E-state index in [0.29, 0.717) is 0 Å². The normalized spacial score (nSPS) is 14.9. The van der Waals surface area contributed by atoms with Crippen molar-refractivity contribution in [2.75, 3.05) is 0 Å². The number of carbonyl (C=O) groups is 2. The molecule has 0 heterocycles. The van der Waals surface area contributed by atoms with Gasteiger partial charge in [0.1, 0.15) is 11.5 Å². The number of Topliss-reactive ketones (excluding diaryl/α,β-unsaturated/α-hetero) is 2. The average molecular weight is 231 g/mol. The minimum absolute atomic E-state index is 0.0373. The van der Waals surface area contributed by atoms with E-state index in [0.717, 1.165) is 0 Å². The van der Waals surface area contributed by atoms with Crippen LogP contribution in [0.25, 0.3) is 5.76 Å². The molecule has 1 aromatic rings. The van der Waals surface area contributed by atoms with Crippen LogP contribution in [-0.4, -0.2) is 27.5 Å². The number of aliphatic hydroxyl groups is 1. The van der Waals surface area contributed by atoms with Gasteiger partial charge in [0.2, 0.25) is 11.6 Å². The fraction of sp³-hybridized carbons (Fsp3) is 0.0833. The second-order valence-electron chi connectivity index (χ2n) is 3.74. The van der Waals surface area contributed by atoms with Crippen molar-refractivity contribution >= 4 is 23.0 Å². The Hall–Kier alpha value is -2.43. The van der Waals surface area contributed by atoms with Crippen LogP contribution in [0.1, 0.15) is 22.8 Å². The van der Waals surface area contributed by atoms with E-state index in [-0.39, 0.29) is 28.2 Å². The molecule has 5 nitrogen and oxygen atoms in total. The van der Waals surface area contributed by atoms with Gasteiger partial charge >= 0.3 is 0 Å². The molecule has 1 aliphatic carbocycles. The predicted molar refractivity (Wildman–Crippen MR) is 60.4 cm³/mol. The summed E-state index contributed by atoms with van der Waals surface area (Å²) in [7, 11) is 0. The van der Waals surface area contributed by atoms with E-state index in [1.165, 1.54) is 25.1 Å². The van der Waals surface area contributed by atoms with Gasteiger partial charge in [-0.05, 0) is 25.1 Å². The molecule has 1 aliphatic rings. The molecule has 0 spiro atoms. The largest absolute Gasteiger partial charge is 0.508 e. The number of hydrogen-bond donors (Lipinski definition) is 3. The van der Waals surface area contributed by atoms with Gasteiger partial charge in [0.25, 0.3) is 0 Å². The number of fused-ring (bicyclic) bond motifs is 1. The maximum atomic E-state index is 11.7. The summed E-state index contributed by atoms with van der Waals surface area (Å²) in [5.41, 5.74) is -0.380. The van der Waals surface area contributed by atoms with Crippen LogP contribution in [0.5, 0.6) is 5.75 Å². The molecule has 0 amide bonds. The first-order valence-electron chi connectivity index (χ1n) is 4.84. The van der Waals surface area contributed by atoms with Gasteiger partial charge in [0, 0.05) is 16.8 Å². The monoisotopic (exact) mass is 231 g/mol. The van der Waals surface area contributed by atoms with Crippen molar-refractivity contribution in [3.8, 4) is 5.75 Å². The zero-order valence-corrected chi connectivity index (χ0v) is 8.94. The van der Waals surface area contributed by atoms with Crippen molar-refractivity contribution in [2.24, 2.45) is 0 Å². The SMILES string of the molecule is CC(=N)C1=C(O)c2cc(O)ccc2C(=O)C1=O. The molecule has 0 fully saturated rings. The Kier molecular flexibility index (Phi) is 2.31. The highest BCUT2D eigenvalue weighted by atomic mass is 16.3. The molecule has 3 N–H and O–H groups in total. The summed E-state index contributed by atoms with van der Waals surface area (Å²) < 4.78 is 0. The molecule has 0 bridgehead atoms. The highest BCUT2D eigenvalue weighted by Crippen LogP contribution is 2.30. The van der Waals surface area contributed by atoms with E-state index in [1.807, 2.05) is 0 Å². The van der Waals surface area contributed by atoms with Gasteiger partial charge in [-0.3, -0.25) is 9.59 Å². The molecule has 86 valence electrons. The minimum atomic E-state index is -0.895. The third-order valence-corrected chi connectivity index (χ3v) is 2.55. The molecule has 2 rings (SSSR count). The molecular formula is C12H9NO4. The highest BCUT2D eigenvalue weighted by molar-refractivity contribution is 6.57. The summed E-state index contributed by atoms with van der Waals surface area (Å²) in [4.78, 5) is 23.4. The fourth-order valence-electron chi connectivity index (χ4n) is 1.75. The number of nitrogens with one attached hydrogen (secondary N) is 1. The first-order chi connectivity index (χ1) is 7.93. The summed E-state index contributed by atoms with van der Waals surface area (Å²) in [6.07, 6.45) is 0. The second kappa shape index (κ2) is 3.55. The van der Waals surface area contributed by atoms with E-state index < -0.39 is 17.3 Å². The number of carbonyl (C=O) groups excluding carboxylic acids is 2. The van der Waals surface area contributed by atoms with Gasteiger partial charge in [0.05, 0.1) is 5.57 Å². The molecule has 17 heavy (non-hydrogen) atoms. The third-order valence-electron chi connectivity index (χ3n) is 2.55. The lowest BCUT2D eigenvalue weighted by atomic mass is 9.86. The van der Waals surface area contributed by atoms with E-state index in [4.69, 9.17) is 5.41 Å². The van der Waals surface area contributed by atoms with E-state index in [9.17, 15) is 19.8 Å². The summed E-state index contributed by atoms with van der Waals surface area (Å²) in [6, 6.07) is 3.73. The van der Waals surface area contributed by atoms with Crippen LogP contribution in [0, 0.1) is 5.41 Å². The number of hydrogen-bond acceptors (Lipinski definition) is 5. The van der Waals surface area contributed by atoms with E-state index >= 15 is 0 Å². The van der Waals surface area contributed by atoms with Gasteiger partial charge in [-0.2, -0.15) is 0 Å². The molecule has 0 atom stereocenters. The quantitative estimate of drug-likeness (QED) is 0.503. The molecule has 5 heteroatoms. The molecule has 0 saturated heterocycles. The van der Waals surface area contributed by atoms with Crippen LogP contribution in [0.3, 0.4) is 0 Å². The number of phenolic OH excluding ortho intramolecular Hbond substituents is 1. The zero-order chi connectivity index (χ0) is 12.7. The Morgan fingerprint density at radius 3 is 2.35 bits per heavy atom. The average Bonchev–Trinajstić information content (AvgIpc) is 2.26. The number of ketones is 2. The van der Waals surface area contributed by atoms with Crippen LogP contribution in [0.15, 0.2) is 23.8 Å². The lowest BCUT2D eigenvalue weighted by molar-refractivity contribution is -0.111. The van der Waals surface area contributed by atoms with Gasteiger partial charge in [-0.1, -0.05) is 0 Å². The lowest BCUT2D eigenvalue weighted by Crippen LogP contribution is -2.27. The van der Waals surface area contributed by atoms with Crippen molar-refractivity contribution in [2.45, 2.75) is 6.92 Å². The number of phenols is 1. The topological polar surface area (TPSA) is 98.4 Å². The maximum absolute atomic E-state index is 11.7. The van der Waals surface area contributed by atoms with Crippen LogP contribution < -0.4 is 0 Å². The Morgan fingerprint density at radius 2 is 1.76 bits per heavy atom. The van der Waals surface area contributed by atoms with Gasteiger partial charge < -0.3 is 15.6 Å². The molecular weight excluding hydrogens is 222 g/mol. The van der Waals surface area contributed by atoms with E-state index in [1.54, 1.807) is 0 Å². The minimum Gasteiger partial charge on any atom is -0.508 e. The van der Waals surface area contributed by atoms with Crippen LogP contribution in [0.4, 0.5) is 0 Å². The Balaban J connectivity index is 2.80.